The topological polar surface area (TPSA) is 15.3 Å². The van der Waals surface area contributed by atoms with Gasteiger partial charge in [0, 0.05) is 19.6 Å². The molecule has 1 rings (SSSR count). The third-order valence-electron chi connectivity index (χ3n) is 3.10. The second-order valence-corrected chi connectivity index (χ2v) is 5.00. The van der Waals surface area contributed by atoms with Gasteiger partial charge in [-0.3, -0.25) is 0 Å². The molecule has 0 saturated carbocycles. The maximum atomic E-state index is 3.69. The standard InChI is InChI=1S/C12H24N2/c1-4-7-13-8-11-14-9-5-12(2,3)6-10-14/h4,13H,1,5-11H2,2-3H3. The van der Waals surface area contributed by atoms with Crippen molar-refractivity contribution in [2.75, 3.05) is 32.7 Å². The molecule has 1 saturated heterocycles. The number of piperidine rings is 1. The summed E-state index contributed by atoms with van der Waals surface area (Å²) in [6.07, 6.45) is 4.60. The zero-order valence-electron chi connectivity index (χ0n) is 9.68. The van der Waals surface area contributed by atoms with Gasteiger partial charge in [-0.2, -0.15) is 0 Å². The van der Waals surface area contributed by atoms with Gasteiger partial charge in [-0.1, -0.05) is 19.9 Å². The highest BCUT2D eigenvalue weighted by atomic mass is 15.1. The van der Waals surface area contributed by atoms with Gasteiger partial charge in [0.2, 0.25) is 0 Å². The summed E-state index contributed by atoms with van der Waals surface area (Å²) in [5, 5.41) is 3.34. The average Bonchev–Trinajstić information content (AvgIpc) is 2.15. The third-order valence-corrected chi connectivity index (χ3v) is 3.10. The summed E-state index contributed by atoms with van der Waals surface area (Å²) in [5.41, 5.74) is 0.574. The van der Waals surface area contributed by atoms with Gasteiger partial charge >= 0.3 is 0 Å². The van der Waals surface area contributed by atoms with Gasteiger partial charge in [0.05, 0.1) is 0 Å². The molecule has 1 heterocycles. The fourth-order valence-corrected chi connectivity index (χ4v) is 1.82. The Balaban J connectivity index is 2.07. The Bertz CT molecular complexity index is 165. The van der Waals surface area contributed by atoms with Gasteiger partial charge in [-0.05, 0) is 31.3 Å². The fourth-order valence-electron chi connectivity index (χ4n) is 1.82. The van der Waals surface area contributed by atoms with E-state index in [0.29, 0.717) is 5.41 Å². The van der Waals surface area contributed by atoms with Crippen LogP contribution in [0.3, 0.4) is 0 Å². The van der Waals surface area contributed by atoms with E-state index in [9.17, 15) is 0 Å². The predicted molar refractivity (Wildman–Crippen MR) is 62.5 cm³/mol. The summed E-state index contributed by atoms with van der Waals surface area (Å²) < 4.78 is 0. The number of hydrogen-bond acceptors (Lipinski definition) is 2. The van der Waals surface area contributed by atoms with E-state index in [1.54, 1.807) is 0 Å². The summed E-state index contributed by atoms with van der Waals surface area (Å²) in [6.45, 7) is 14.2. The quantitative estimate of drug-likeness (QED) is 0.533. The smallest absolute Gasteiger partial charge is 0.0132 e. The molecular weight excluding hydrogens is 172 g/mol. The van der Waals surface area contributed by atoms with Gasteiger partial charge in [-0.25, -0.2) is 0 Å². The van der Waals surface area contributed by atoms with Crippen LogP contribution in [0.15, 0.2) is 12.7 Å². The van der Waals surface area contributed by atoms with E-state index >= 15 is 0 Å². The number of nitrogens with zero attached hydrogens (tertiary/aromatic N) is 1. The Morgan fingerprint density at radius 3 is 2.57 bits per heavy atom. The van der Waals surface area contributed by atoms with Crippen LogP contribution in [0, 0.1) is 5.41 Å². The monoisotopic (exact) mass is 196 g/mol. The second kappa shape index (κ2) is 5.52. The van der Waals surface area contributed by atoms with Crippen LogP contribution >= 0.6 is 0 Å². The molecule has 0 radical (unpaired) electrons. The first-order valence-corrected chi connectivity index (χ1v) is 5.68. The van der Waals surface area contributed by atoms with Crippen LogP contribution in [0.4, 0.5) is 0 Å². The third kappa shape index (κ3) is 4.25. The second-order valence-electron chi connectivity index (χ2n) is 5.00. The van der Waals surface area contributed by atoms with Crippen LogP contribution in [0.5, 0.6) is 0 Å². The largest absolute Gasteiger partial charge is 0.312 e. The molecule has 1 fully saturated rings. The van der Waals surface area contributed by atoms with Crippen molar-refractivity contribution in [3.8, 4) is 0 Å². The fraction of sp³-hybridized carbons (Fsp3) is 0.833. The summed E-state index contributed by atoms with van der Waals surface area (Å²) >= 11 is 0. The molecule has 0 aliphatic carbocycles. The molecule has 1 aliphatic heterocycles. The lowest BCUT2D eigenvalue weighted by atomic mass is 9.83. The lowest BCUT2D eigenvalue weighted by Gasteiger charge is -2.36. The molecule has 0 aromatic carbocycles. The number of hydrogen-bond donors (Lipinski definition) is 1. The lowest BCUT2D eigenvalue weighted by molar-refractivity contribution is 0.134. The molecule has 2 heteroatoms. The van der Waals surface area contributed by atoms with Crippen molar-refractivity contribution in [3.05, 3.63) is 12.7 Å². The highest BCUT2D eigenvalue weighted by Crippen LogP contribution is 2.29. The maximum absolute atomic E-state index is 3.69. The first-order valence-electron chi connectivity index (χ1n) is 5.68. The molecule has 0 unspecified atom stereocenters. The Hall–Kier alpha value is -0.340. The molecule has 0 amide bonds. The summed E-state index contributed by atoms with van der Waals surface area (Å²) in [6, 6.07) is 0. The normalized spacial score (nSPS) is 22.1. The van der Waals surface area contributed by atoms with Crippen molar-refractivity contribution in [1.82, 2.24) is 10.2 Å². The van der Waals surface area contributed by atoms with Crippen molar-refractivity contribution < 1.29 is 0 Å². The molecule has 2 nitrogen and oxygen atoms in total. The molecular formula is C12H24N2. The summed E-state index contributed by atoms with van der Waals surface area (Å²) in [7, 11) is 0. The minimum atomic E-state index is 0.574. The molecule has 0 spiro atoms. The van der Waals surface area contributed by atoms with E-state index in [-0.39, 0.29) is 0 Å². The molecule has 14 heavy (non-hydrogen) atoms. The molecule has 0 atom stereocenters. The van der Waals surface area contributed by atoms with Crippen LogP contribution in [0.2, 0.25) is 0 Å². The molecule has 1 N–H and O–H groups in total. The zero-order valence-corrected chi connectivity index (χ0v) is 9.68. The maximum Gasteiger partial charge on any atom is 0.0132 e. The minimum Gasteiger partial charge on any atom is -0.312 e. The van der Waals surface area contributed by atoms with E-state index in [4.69, 9.17) is 0 Å². The Labute approximate surface area is 88.4 Å². The number of likely N-dealkylation sites (tertiary alicyclic amines) is 1. The Morgan fingerprint density at radius 2 is 2.00 bits per heavy atom. The van der Waals surface area contributed by atoms with Crippen molar-refractivity contribution in [2.24, 2.45) is 5.41 Å². The summed E-state index contributed by atoms with van der Waals surface area (Å²) in [4.78, 5) is 2.56. The van der Waals surface area contributed by atoms with Crippen LogP contribution in [-0.2, 0) is 0 Å². The molecule has 0 aromatic rings. The minimum absolute atomic E-state index is 0.574. The highest BCUT2D eigenvalue weighted by molar-refractivity contribution is 4.79. The van der Waals surface area contributed by atoms with Gasteiger partial charge in [0.15, 0.2) is 0 Å². The van der Waals surface area contributed by atoms with Gasteiger partial charge < -0.3 is 10.2 Å². The van der Waals surface area contributed by atoms with Gasteiger partial charge in [0.1, 0.15) is 0 Å². The average molecular weight is 196 g/mol. The van der Waals surface area contributed by atoms with Gasteiger partial charge in [0.25, 0.3) is 0 Å². The lowest BCUT2D eigenvalue weighted by Crippen LogP contribution is -2.40. The van der Waals surface area contributed by atoms with E-state index in [0.717, 1.165) is 13.1 Å². The van der Waals surface area contributed by atoms with Crippen LogP contribution in [0.25, 0.3) is 0 Å². The van der Waals surface area contributed by atoms with Crippen LogP contribution in [0.1, 0.15) is 26.7 Å². The van der Waals surface area contributed by atoms with Crippen LogP contribution < -0.4 is 5.32 Å². The first kappa shape index (κ1) is 11.7. The van der Waals surface area contributed by atoms with Crippen molar-refractivity contribution in [2.45, 2.75) is 26.7 Å². The SMILES string of the molecule is C=CCNCCN1CCC(C)(C)CC1. The van der Waals surface area contributed by atoms with E-state index in [1.807, 2.05) is 6.08 Å². The zero-order chi connectivity index (χ0) is 10.4. The van der Waals surface area contributed by atoms with Crippen LogP contribution in [-0.4, -0.2) is 37.6 Å². The van der Waals surface area contributed by atoms with Crippen molar-refractivity contribution in [1.29, 1.82) is 0 Å². The number of rotatable bonds is 5. The van der Waals surface area contributed by atoms with E-state index in [1.165, 1.54) is 32.5 Å². The van der Waals surface area contributed by atoms with Gasteiger partial charge in [-0.15, -0.1) is 6.58 Å². The van der Waals surface area contributed by atoms with E-state index < -0.39 is 0 Å². The Kier molecular flexibility index (Phi) is 4.63. The van der Waals surface area contributed by atoms with Crippen molar-refractivity contribution in [3.63, 3.8) is 0 Å². The Morgan fingerprint density at radius 1 is 1.36 bits per heavy atom. The summed E-state index contributed by atoms with van der Waals surface area (Å²) in [5.74, 6) is 0. The molecule has 0 aromatic heterocycles. The van der Waals surface area contributed by atoms with Crippen molar-refractivity contribution >= 4 is 0 Å². The first-order chi connectivity index (χ1) is 6.64. The van der Waals surface area contributed by atoms with E-state index in [2.05, 4.69) is 30.6 Å². The molecule has 1 aliphatic rings. The predicted octanol–water partition coefficient (Wildman–Crippen LogP) is 1.88. The highest BCUT2D eigenvalue weighted by Gasteiger charge is 2.24. The molecule has 82 valence electrons. The number of nitrogens with one attached hydrogen (secondary N) is 1. The molecule has 0 bridgehead atoms.